The molecule has 6 nitrogen and oxygen atoms in total. The summed E-state index contributed by atoms with van der Waals surface area (Å²) in [6, 6.07) is 4.79. The molecular formula is C10H12ClN3O3. The van der Waals surface area contributed by atoms with Gasteiger partial charge in [-0.05, 0) is 12.1 Å². The number of anilines is 1. The Bertz CT molecular complexity index is 448. The molecule has 0 bridgehead atoms. The van der Waals surface area contributed by atoms with Gasteiger partial charge in [0.2, 0.25) is 5.91 Å². The maximum Gasteiger partial charge on any atom is 0.232 e. The van der Waals surface area contributed by atoms with E-state index in [1.165, 1.54) is 7.11 Å². The molecule has 0 aromatic heterocycles. The van der Waals surface area contributed by atoms with Crippen LogP contribution in [0.15, 0.2) is 23.4 Å². The van der Waals surface area contributed by atoms with Crippen LogP contribution in [-0.2, 0) is 4.79 Å². The summed E-state index contributed by atoms with van der Waals surface area (Å²) in [7, 11) is 1.48. The van der Waals surface area contributed by atoms with Crippen molar-refractivity contribution in [3.05, 3.63) is 23.2 Å². The highest BCUT2D eigenvalue weighted by Crippen LogP contribution is 2.27. The monoisotopic (exact) mass is 257 g/mol. The fourth-order valence-electron chi connectivity index (χ4n) is 1.14. The van der Waals surface area contributed by atoms with Crippen molar-refractivity contribution < 1.29 is 14.7 Å². The second kappa shape index (κ2) is 5.95. The average molecular weight is 258 g/mol. The van der Waals surface area contributed by atoms with E-state index in [9.17, 15) is 4.79 Å². The van der Waals surface area contributed by atoms with Crippen molar-refractivity contribution in [3.63, 3.8) is 0 Å². The molecule has 1 aromatic rings. The van der Waals surface area contributed by atoms with Gasteiger partial charge in [0.1, 0.15) is 11.6 Å². The van der Waals surface area contributed by atoms with E-state index < -0.39 is 5.91 Å². The summed E-state index contributed by atoms with van der Waals surface area (Å²) < 4.78 is 5.00. The number of rotatable bonds is 4. The molecule has 0 saturated heterocycles. The predicted molar refractivity (Wildman–Crippen MR) is 64.7 cm³/mol. The van der Waals surface area contributed by atoms with E-state index in [2.05, 4.69) is 10.5 Å². The minimum Gasteiger partial charge on any atom is -0.495 e. The molecule has 1 amide bonds. The van der Waals surface area contributed by atoms with Gasteiger partial charge >= 0.3 is 0 Å². The maximum absolute atomic E-state index is 11.4. The van der Waals surface area contributed by atoms with Crippen LogP contribution in [-0.4, -0.2) is 24.1 Å². The van der Waals surface area contributed by atoms with Crippen molar-refractivity contribution in [2.45, 2.75) is 6.42 Å². The number of hydrogen-bond acceptors (Lipinski definition) is 4. The zero-order chi connectivity index (χ0) is 12.8. The summed E-state index contributed by atoms with van der Waals surface area (Å²) in [5.74, 6) is -0.110. The minimum absolute atomic E-state index is 0.163. The molecule has 0 radical (unpaired) electrons. The molecule has 7 heteroatoms. The van der Waals surface area contributed by atoms with Crippen LogP contribution < -0.4 is 15.8 Å². The number of nitrogens with one attached hydrogen (secondary N) is 1. The van der Waals surface area contributed by atoms with Gasteiger partial charge in [0.25, 0.3) is 0 Å². The standard InChI is InChI=1S/C10H12ClN3O3/c1-17-8-4-6(2-3-7(8)11)13-10(15)5-9(12)14-16/h2-4,16H,5H2,1H3,(H2,12,14)(H,13,15). The topological polar surface area (TPSA) is 96.9 Å². The first-order valence-corrected chi connectivity index (χ1v) is 5.04. The molecule has 0 spiro atoms. The first-order chi connectivity index (χ1) is 8.06. The van der Waals surface area contributed by atoms with Crippen LogP contribution in [0.2, 0.25) is 5.02 Å². The van der Waals surface area contributed by atoms with E-state index in [1.54, 1.807) is 18.2 Å². The molecule has 0 fully saturated rings. The van der Waals surface area contributed by atoms with Crippen LogP contribution in [0.4, 0.5) is 5.69 Å². The van der Waals surface area contributed by atoms with Crippen molar-refractivity contribution in [2.75, 3.05) is 12.4 Å². The average Bonchev–Trinajstić information content (AvgIpc) is 2.31. The van der Waals surface area contributed by atoms with Crippen LogP contribution in [0.1, 0.15) is 6.42 Å². The van der Waals surface area contributed by atoms with E-state index in [1.807, 2.05) is 0 Å². The molecule has 1 rings (SSSR count). The molecule has 1 aromatic carbocycles. The first-order valence-electron chi connectivity index (χ1n) is 4.66. The van der Waals surface area contributed by atoms with E-state index >= 15 is 0 Å². The van der Waals surface area contributed by atoms with Crippen molar-refractivity contribution in [3.8, 4) is 5.75 Å². The third kappa shape index (κ3) is 3.84. The number of hydrogen-bond donors (Lipinski definition) is 3. The fraction of sp³-hybridized carbons (Fsp3) is 0.200. The lowest BCUT2D eigenvalue weighted by atomic mass is 10.3. The normalized spacial score (nSPS) is 11.1. The van der Waals surface area contributed by atoms with E-state index in [0.29, 0.717) is 16.5 Å². The second-order valence-corrected chi connectivity index (χ2v) is 3.57. The molecule has 4 N–H and O–H groups in total. The quantitative estimate of drug-likeness (QED) is 0.329. The SMILES string of the molecule is COc1cc(NC(=O)C/C(N)=N/O)ccc1Cl. The molecule has 0 aliphatic heterocycles. The number of methoxy groups -OCH3 is 1. The fourth-order valence-corrected chi connectivity index (χ4v) is 1.34. The third-order valence-electron chi connectivity index (χ3n) is 1.90. The maximum atomic E-state index is 11.4. The zero-order valence-corrected chi connectivity index (χ0v) is 9.86. The Morgan fingerprint density at radius 3 is 2.94 bits per heavy atom. The number of ether oxygens (including phenoxy) is 1. The van der Waals surface area contributed by atoms with Gasteiger partial charge in [-0.15, -0.1) is 0 Å². The molecule has 0 atom stereocenters. The Morgan fingerprint density at radius 1 is 1.65 bits per heavy atom. The molecule has 0 saturated carbocycles. The molecule has 0 aliphatic carbocycles. The lowest BCUT2D eigenvalue weighted by Gasteiger charge is -2.07. The van der Waals surface area contributed by atoms with Gasteiger partial charge < -0.3 is 21.0 Å². The van der Waals surface area contributed by atoms with Gasteiger partial charge in [0.05, 0.1) is 18.6 Å². The highest BCUT2D eigenvalue weighted by Gasteiger charge is 2.07. The molecular weight excluding hydrogens is 246 g/mol. The largest absolute Gasteiger partial charge is 0.495 e. The number of halogens is 1. The van der Waals surface area contributed by atoms with E-state index in [4.69, 9.17) is 27.3 Å². The van der Waals surface area contributed by atoms with Gasteiger partial charge in [-0.1, -0.05) is 16.8 Å². The molecule has 17 heavy (non-hydrogen) atoms. The van der Waals surface area contributed by atoms with Crippen LogP contribution in [0.25, 0.3) is 0 Å². The smallest absolute Gasteiger partial charge is 0.232 e. The molecule has 0 unspecified atom stereocenters. The van der Waals surface area contributed by atoms with Gasteiger partial charge in [-0.3, -0.25) is 4.79 Å². The van der Waals surface area contributed by atoms with Gasteiger partial charge in [-0.25, -0.2) is 0 Å². The summed E-state index contributed by atoms with van der Waals surface area (Å²) in [6.45, 7) is 0. The van der Waals surface area contributed by atoms with Crippen molar-refractivity contribution in [1.29, 1.82) is 0 Å². The van der Waals surface area contributed by atoms with Gasteiger partial charge in [-0.2, -0.15) is 0 Å². The number of oxime groups is 1. The van der Waals surface area contributed by atoms with E-state index in [-0.39, 0.29) is 12.3 Å². The number of nitrogens with two attached hydrogens (primary N) is 1. The molecule has 0 heterocycles. The first kappa shape index (κ1) is 13.1. The Balaban J connectivity index is 2.72. The van der Waals surface area contributed by atoms with Crippen LogP contribution in [0.5, 0.6) is 5.75 Å². The summed E-state index contributed by atoms with van der Waals surface area (Å²) >= 11 is 5.83. The Kier molecular flexibility index (Phi) is 4.59. The van der Waals surface area contributed by atoms with Crippen molar-refractivity contribution >= 4 is 29.0 Å². The lowest BCUT2D eigenvalue weighted by Crippen LogP contribution is -2.21. The van der Waals surface area contributed by atoms with Crippen LogP contribution in [0, 0.1) is 0 Å². The minimum atomic E-state index is -0.398. The van der Waals surface area contributed by atoms with Crippen molar-refractivity contribution in [1.82, 2.24) is 0 Å². The zero-order valence-electron chi connectivity index (χ0n) is 9.11. The number of amidine groups is 1. The predicted octanol–water partition coefficient (Wildman–Crippen LogP) is 1.42. The summed E-state index contributed by atoms with van der Waals surface area (Å²) in [5, 5.41) is 14.0. The lowest BCUT2D eigenvalue weighted by molar-refractivity contribution is -0.115. The number of carbonyl (C=O) groups excluding carboxylic acids is 1. The Hall–Kier alpha value is -1.95. The highest BCUT2D eigenvalue weighted by molar-refractivity contribution is 6.32. The van der Waals surface area contributed by atoms with E-state index in [0.717, 1.165) is 0 Å². The number of nitrogens with zero attached hydrogens (tertiary/aromatic N) is 1. The number of benzene rings is 1. The van der Waals surface area contributed by atoms with Crippen LogP contribution in [0.3, 0.4) is 0 Å². The van der Waals surface area contributed by atoms with Gasteiger partial charge in [0.15, 0.2) is 0 Å². The number of carbonyl (C=O) groups is 1. The van der Waals surface area contributed by atoms with Crippen LogP contribution >= 0.6 is 11.6 Å². The molecule has 92 valence electrons. The summed E-state index contributed by atoms with van der Waals surface area (Å²) in [4.78, 5) is 11.4. The van der Waals surface area contributed by atoms with Crippen molar-refractivity contribution in [2.24, 2.45) is 10.9 Å². The highest BCUT2D eigenvalue weighted by atomic mass is 35.5. The third-order valence-corrected chi connectivity index (χ3v) is 2.22. The van der Waals surface area contributed by atoms with Gasteiger partial charge in [0, 0.05) is 11.8 Å². The molecule has 0 aliphatic rings. The number of amides is 1. The Morgan fingerprint density at radius 2 is 2.35 bits per heavy atom. The second-order valence-electron chi connectivity index (χ2n) is 3.17. The Labute approximate surface area is 103 Å². The summed E-state index contributed by atoms with van der Waals surface area (Å²) in [6.07, 6.45) is -0.193. The summed E-state index contributed by atoms with van der Waals surface area (Å²) in [5.41, 5.74) is 5.72.